The Kier molecular flexibility index (Phi) is 12.3. The van der Waals surface area contributed by atoms with Gasteiger partial charge < -0.3 is 18.7 Å². The van der Waals surface area contributed by atoms with Gasteiger partial charge in [-0.1, -0.05) is 174 Å². The number of hydrogen-bond donors (Lipinski definition) is 1. The molecule has 0 radical (unpaired) electrons. The fourth-order valence-corrected chi connectivity index (χ4v) is 10.4. The molecule has 0 aliphatic carbocycles. The molecule has 0 bridgehead atoms. The van der Waals surface area contributed by atoms with Crippen molar-refractivity contribution in [1.29, 1.82) is 0 Å². The van der Waals surface area contributed by atoms with Crippen LogP contribution in [0.1, 0.15) is 20.4 Å². The van der Waals surface area contributed by atoms with Crippen LogP contribution in [0.4, 0.5) is 0 Å². The molecule has 0 aliphatic rings. The molecule has 0 saturated carbocycles. The number of fused-ring (bicyclic) bond motifs is 12. The van der Waals surface area contributed by atoms with Crippen molar-refractivity contribution >= 4 is 119 Å². The minimum atomic E-state index is 0. The molecule has 69 heavy (non-hydrogen) atoms. The van der Waals surface area contributed by atoms with Crippen molar-refractivity contribution in [2.24, 2.45) is 0 Å². The van der Waals surface area contributed by atoms with Gasteiger partial charge in [0.2, 0.25) is 0 Å². The number of nitrogens with zero attached hydrogens (tertiary/aromatic N) is 3. The van der Waals surface area contributed by atoms with Gasteiger partial charge in [-0.2, -0.15) is 0 Å². The molecule has 4 nitrogen and oxygen atoms in total. The molecule has 0 fully saturated rings. The predicted octanol–water partition coefficient (Wildman–Crippen LogP) is 19.1. The van der Waals surface area contributed by atoms with E-state index in [-0.39, 0.29) is 14.9 Å². The monoisotopic (exact) mass is 1020 g/mol. The number of aromatic nitrogens is 4. The molecule has 14 aromatic rings. The van der Waals surface area contributed by atoms with Gasteiger partial charge in [0.05, 0.1) is 33.1 Å². The molecule has 336 valence electrons. The highest BCUT2D eigenvalue weighted by atomic mass is 79.9. The average molecular weight is 1020 g/mol. The fraction of sp³-hybridized carbons (Fsp3) is 0.0476. The second-order valence-corrected chi connectivity index (χ2v) is 18.8. The van der Waals surface area contributed by atoms with Crippen LogP contribution in [0.3, 0.4) is 0 Å². The zero-order valence-electron chi connectivity index (χ0n) is 36.5. The van der Waals surface area contributed by atoms with Gasteiger partial charge in [-0.05, 0) is 116 Å². The van der Waals surface area contributed by atoms with Crippen LogP contribution < -0.4 is 0 Å². The molecule has 14 rings (SSSR count). The highest BCUT2D eigenvalue weighted by molar-refractivity contribution is 9.10. The van der Waals surface area contributed by atoms with Gasteiger partial charge >= 0.3 is 0 Å². The zero-order valence-corrected chi connectivity index (χ0v) is 39.7. The van der Waals surface area contributed by atoms with Gasteiger partial charge in [-0.25, -0.2) is 0 Å². The molecule has 0 spiro atoms. The minimum absolute atomic E-state index is 0. The molecule has 4 aromatic heterocycles. The molecule has 6 heteroatoms. The summed E-state index contributed by atoms with van der Waals surface area (Å²) in [5.74, 6) is 0. The molecule has 0 saturated heterocycles. The summed E-state index contributed by atoms with van der Waals surface area (Å²) in [5.41, 5.74) is 14.6. The van der Waals surface area contributed by atoms with Gasteiger partial charge in [0.15, 0.2) is 0 Å². The maximum atomic E-state index is 3.57. The summed E-state index contributed by atoms with van der Waals surface area (Å²) < 4.78 is 9.33. The third kappa shape index (κ3) is 7.99. The van der Waals surface area contributed by atoms with E-state index in [1.165, 1.54) is 104 Å². The second kappa shape index (κ2) is 18.8. The van der Waals surface area contributed by atoms with E-state index in [1.807, 2.05) is 12.1 Å². The SMILES string of the molecule is Brc1ccc(-n2c3ccccc3c3cc(-n4c5ccccc5c5ccccc54)ccc32)cc1.C.C.Cc1ccc(Br)cc1.c1ccc2c(c1)[nH]c1ccc(-n3c4ccccc4c4ccccc43)cc12. The van der Waals surface area contributed by atoms with Crippen LogP contribution in [0.25, 0.3) is 104 Å². The van der Waals surface area contributed by atoms with Gasteiger partial charge in [0, 0.05) is 80.1 Å². The lowest BCUT2D eigenvalue weighted by molar-refractivity contribution is 1.16. The van der Waals surface area contributed by atoms with Crippen molar-refractivity contribution in [3.8, 4) is 17.1 Å². The van der Waals surface area contributed by atoms with E-state index < -0.39 is 0 Å². The van der Waals surface area contributed by atoms with E-state index in [0.29, 0.717) is 0 Å². The minimum Gasteiger partial charge on any atom is -0.355 e. The molecule has 4 heterocycles. The first-order valence-corrected chi connectivity index (χ1v) is 24.1. The molecule has 10 aromatic carbocycles. The van der Waals surface area contributed by atoms with Crippen LogP contribution in [0.2, 0.25) is 0 Å². The lowest BCUT2D eigenvalue weighted by atomic mass is 10.1. The van der Waals surface area contributed by atoms with Crippen molar-refractivity contribution in [2.75, 3.05) is 0 Å². The third-order valence-corrected chi connectivity index (χ3v) is 14.0. The first-order valence-electron chi connectivity index (χ1n) is 22.5. The van der Waals surface area contributed by atoms with Crippen molar-refractivity contribution in [1.82, 2.24) is 18.7 Å². The summed E-state index contributed by atoms with van der Waals surface area (Å²) >= 11 is 6.91. The van der Waals surface area contributed by atoms with E-state index >= 15 is 0 Å². The molecular weight excluding hydrogens is 973 g/mol. The largest absolute Gasteiger partial charge is 0.355 e. The molecule has 0 unspecified atom stereocenters. The molecule has 0 atom stereocenters. The number of nitrogens with one attached hydrogen (secondary N) is 1. The Labute approximate surface area is 418 Å². The topological polar surface area (TPSA) is 30.6 Å². The predicted molar refractivity (Wildman–Crippen MR) is 305 cm³/mol. The lowest BCUT2D eigenvalue weighted by Gasteiger charge is -2.10. The Morgan fingerprint density at radius 2 is 0.609 bits per heavy atom. The highest BCUT2D eigenvalue weighted by Gasteiger charge is 2.17. The second-order valence-electron chi connectivity index (χ2n) is 17.0. The van der Waals surface area contributed by atoms with E-state index in [2.05, 4.69) is 276 Å². The summed E-state index contributed by atoms with van der Waals surface area (Å²) in [5, 5.41) is 10.2. The number of aryl methyl sites for hydroxylation is 1. The van der Waals surface area contributed by atoms with Crippen LogP contribution in [0.15, 0.2) is 239 Å². The van der Waals surface area contributed by atoms with Crippen molar-refractivity contribution in [3.05, 3.63) is 245 Å². The van der Waals surface area contributed by atoms with Crippen LogP contribution in [0, 0.1) is 6.92 Å². The van der Waals surface area contributed by atoms with E-state index in [9.17, 15) is 0 Å². The summed E-state index contributed by atoms with van der Waals surface area (Å²) in [6, 6.07) is 82.1. The van der Waals surface area contributed by atoms with E-state index in [4.69, 9.17) is 0 Å². The van der Waals surface area contributed by atoms with Crippen LogP contribution in [-0.4, -0.2) is 18.7 Å². The number of para-hydroxylation sites is 6. The zero-order chi connectivity index (χ0) is 45.0. The Morgan fingerprint density at radius 3 is 1.07 bits per heavy atom. The Hall–Kier alpha value is -7.64. The van der Waals surface area contributed by atoms with E-state index in [0.717, 1.165) is 14.6 Å². The number of halogens is 2. The van der Waals surface area contributed by atoms with Crippen molar-refractivity contribution < 1.29 is 0 Å². The molecule has 0 aliphatic heterocycles. The molecule has 0 amide bonds. The standard InChI is InChI=1S/C30H19BrN2.C24H16N2.C7H7Br.2CH4/c31-20-13-15-21(16-14-20)32-29-12-6-3-9-25(29)26-19-22(17-18-30(26)32)33-27-10-4-1-7-23(27)24-8-2-5-11-28(24)33;1-4-10-21-17(7-1)20-15-16(13-14-22(20)25-21)26-23-11-5-2-8-18(23)19-9-3-6-12-24(19)26;1-6-2-4-7(8)5-3-6;;/h1-19H;1-15,25H;2-5H,1H3;2*1H4. The number of hydrogen-bond acceptors (Lipinski definition) is 0. The van der Waals surface area contributed by atoms with E-state index in [1.54, 1.807) is 0 Å². The van der Waals surface area contributed by atoms with Gasteiger partial charge in [-0.3, -0.25) is 0 Å². The first kappa shape index (κ1) is 45.2. The normalized spacial score (nSPS) is 11.2. The van der Waals surface area contributed by atoms with Crippen molar-refractivity contribution in [3.63, 3.8) is 0 Å². The summed E-state index contributed by atoms with van der Waals surface area (Å²) in [4.78, 5) is 3.52. The summed E-state index contributed by atoms with van der Waals surface area (Å²) in [7, 11) is 0. The van der Waals surface area contributed by atoms with Gasteiger partial charge in [0.1, 0.15) is 0 Å². The van der Waals surface area contributed by atoms with Crippen LogP contribution in [0.5, 0.6) is 0 Å². The fourth-order valence-electron chi connectivity index (χ4n) is 9.88. The quantitative estimate of drug-likeness (QED) is 0.183. The smallest absolute Gasteiger partial charge is 0.0542 e. The van der Waals surface area contributed by atoms with Gasteiger partial charge in [-0.15, -0.1) is 0 Å². The average Bonchev–Trinajstić information content (AvgIpc) is 4.12. The molecular formula is C63H50Br2N4. The Bertz CT molecular complexity index is 4000. The Balaban J connectivity index is 0.000000137. The van der Waals surface area contributed by atoms with Crippen molar-refractivity contribution in [2.45, 2.75) is 21.8 Å². The summed E-state index contributed by atoms with van der Waals surface area (Å²) in [6.07, 6.45) is 0. The number of aromatic amines is 1. The summed E-state index contributed by atoms with van der Waals surface area (Å²) in [6.45, 7) is 2.08. The highest BCUT2D eigenvalue weighted by Crippen LogP contribution is 2.38. The number of rotatable bonds is 3. The first-order chi connectivity index (χ1) is 33.0. The number of H-pyrrole nitrogens is 1. The maximum absolute atomic E-state index is 3.57. The van der Waals surface area contributed by atoms with Gasteiger partial charge in [0.25, 0.3) is 0 Å². The number of benzene rings is 10. The Morgan fingerprint density at radius 1 is 0.290 bits per heavy atom. The third-order valence-electron chi connectivity index (χ3n) is 12.9. The maximum Gasteiger partial charge on any atom is 0.0542 e. The van der Waals surface area contributed by atoms with Crippen LogP contribution >= 0.6 is 31.9 Å². The lowest BCUT2D eigenvalue weighted by Crippen LogP contribution is -1.95. The molecule has 1 N–H and O–H groups in total. The van der Waals surface area contributed by atoms with Crippen LogP contribution in [-0.2, 0) is 0 Å².